The zero-order valence-electron chi connectivity index (χ0n) is 18.2. The van der Waals surface area contributed by atoms with Gasteiger partial charge in [-0.1, -0.05) is 6.07 Å². The number of fused-ring (bicyclic) bond motifs is 1. The number of hydrogen-bond acceptors (Lipinski definition) is 5. The van der Waals surface area contributed by atoms with E-state index in [9.17, 15) is 40.3 Å². The minimum atomic E-state index is -5.08. The average Bonchev–Trinajstić information content (AvgIpc) is 2.72. The molecule has 0 saturated heterocycles. The highest BCUT2D eigenvalue weighted by Gasteiger charge is 2.35. The lowest BCUT2D eigenvalue weighted by atomic mass is 10.1. The van der Waals surface area contributed by atoms with Crippen LogP contribution in [0.3, 0.4) is 0 Å². The fourth-order valence-electron chi connectivity index (χ4n) is 3.19. The molecule has 1 unspecified atom stereocenters. The first-order chi connectivity index (χ1) is 16.1. The molecule has 0 radical (unpaired) electrons. The molecule has 14 heteroatoms. The van der Waals surface area contributed by atoms with Crippen molar-refractivity contribution in [3.63, 3.8) is 0 Å². The highest BCUT2D eigenvalue weighted by Crippen LogP contribution is 2.37. The Hall–Kier alpha value is -3.58. The van der Waals surface area contributed by atoms with Gasteiger partial charge in [-0.05, 0) is 43.2 Å². The molecule has 1 aromatic heterocycles. The summed E-state index contributed by atoms with van der Waals surface area (Å²) in [6, 6.07) is 4.09. The van der Waals surface area contributed by atoms with E-state index in [-0.39, 0.29) is 29.5 Å². The van der Waals surface area contributed by atoms with E-state index < -0.39 is 54.9 Å². The molecule has 3 rings (SSSR count). The van der Waals surface area contributed by atoms with Crippen molar-refractivity contribution in [3.8, 4) is 11.6 Å². The van der Waals surface area contributed by atoms with E-state index in [0.717, 1.165) is 23.1 Å². The lowest BCUT2D eigenvalue weighted by Crippen LogP contribution is -2.44. The predicted octanol–water partition coefficient (Wildman–Crippen LogP) is 5.02. The molecule has 1 aromatic carbocycles. The van der Waals surface area contributed by atoms with Gasteiger partial charge in [0, 0.05) is 6.42 Å². The van der Waals surface area contributed by atoms with Gasteiger partial charge in [0.25, 0.3) is 5.91 Å². The summed E-state index contributed by atoms with van der Waals surface area (Å²) in [4.78, 5) is 29.9. The maximum Gasteiger partial charge on any atom is 0.573 e. The number of rotatable bonds is 6. The van der Waals surface area contributed by atoms with E-state index in [1.165, 1.54) is 19.9 Å². The predicted molar refractivity (Wildman–Crippen MR) is 107 cm³/mol. The molecule has 1 aliphatic rings. The van der Waals surface area contributed by atoms with Crippen LogP contribution in [-0.4, -0.2) is 35.4 Å². The highest BCUT2D eigenvalue weighted by molar-refractivity contribution is 6.00. The van der Waals surface area contributed by atoms with Gasteiger partial charge in [-0.15, -0.1) is 13.2 Å². The van der Waals surface area contributed by atoms with Crippen molar-refractivity contribution in [2.24, 2.45) is 0 Å². The molecule has 1 atom stereocenters. The van der Waals surface area contributed by atoms with E-state index >= 15 is 0 Å². The second-order valence-corrected chi connectivity index (χ2v) is 7.64. The van der Waals surface area contributed by atoms with Gasteiger partial charge in [-0.3, -0.25) is 14.5 Å². The number of pyridine rings is 1. The molecule has 1 aliphatic heterocycles. The average molecular weight is 509 g/mol. The van der Waals surface area contributed by atoms with Gasteiger partial charge in [-0.2, -0.15) is 18.2 Å². The van der Waals surface area contributed by atoms with Gasteiger partial charge in [-0.25, -0.2) is 4.39 Å². The number of alkyl halides is 6. The zero-order valence-corrected chi connectivity index (χ0v) is 18.2. The third-order valence-corrected chi connectivity index (χ3v) is 4.81. The second kappa shape index (κ2) is 9.58. The molecular weight excluding hydrogens is 491 g/mol. The molecule has 2 heterocycles. The first-order valence-corrected chi connectivity index (χ1v) is 10.0. The Balaban J connectivity index is 1.84. The number of aryl methyl sites for hydroxylation is 1. The first-order valence-electron chi connectivity index (χ1n) is 10.0. The van der Waals surface area contributed by atoms with Crippen LogP contribution in [0.15, 0.2) is 24.3 Å². The van der Waals surface area contributed by atoms with E-state index in [2.05, 4.69) is 15.0 Å². The normalized spacial score (nSPS) is 16.0. The summed E-state index contributed by atoms with van der Waals surface area (Å²) < 4.78 is 97.3. The number of benzene rings is 1. The largest absolute Gasteiger partial charge is 0.573 e. The number of amides is 2. The van der Waals surface area contributed by atoms with Gasteiger partial charge < -0.3 is 14.8 Å². The van der Waals surface area contributed by atoms with E-state index in [0.29, 0.717) is 5.56 Å². The standard InChI is InChI=1S/C21H18F7N3O4/c1-10-7-14-18(30-17(10)29-16(32)5-6-20(23,24)25)34-11(2)19(33)31(14)9-12-3-4-15(13(22)8-12)35-21(26,27)28/h3-4,7-8,11H,5-6,9H2,1-2H3,(H,29,30,32). The van der Waals surface area contributed by atoms with Crippen LogP contribution in [0.1, 0.15) is 30.9 Å². The van der Waals surface area contributed by atoms with Gasteiger partial charge in [0.2, 0.25) is 11.8 Å². The Morgan fingerprint density at radius 3 is 2.49 bits per heavy atom. The summed E-state index contributed by atoms with van der Waals surface area (Å²) in [5.74, 6) is -4.00. The molecule has 0 bridgehead atoms. The van der Waals surface area contributed by atoms with Crippen LogP contribution in [0.4, 0.5) is 42.2 Å². The fraction of sp³-hybridized carbons (Fsp3) is 0.381. The van der Waals surface area contributed by atoms with Crippen molar-refractivity contribution in [1.29, 1.82) is 0 Å². The third-order valence-electron chi connectivity index (χ3n) is 4.81. The van der Waals surface area contributed by atoms with Gasteiger partial charge in [0.15, 0.2) is 17.7 Å². The fourth-order valence-corrected chi connectivity index (χ4v) is 3.19. The van der Waals surface area contributed by atoms with Crippen LogP contribution in [0.5, 0.6) is 11.6 Å². The molecule has 0 fully saturated rings. The molecule has 1 N–H and O–H groups in total. The zero-order chi connectivity index (χ0) is 26.1. The molecule has 2 amide bonds. The van der Waals surface area contributed by atoms with Crippen LogP contribution >= 0.6 is 0 Å². The van der Waals surface area contributed by atoms with Crippen molar-refractivity contribution in [3.05, 3.63) is 41.2 Å². The number of aromatic nitrogens is 1. The van der Waals surface area contributed by atoms with Crippen molar-refractivity contribution in [2.45, 2.75) is 51.9 Å². The molecular formula is C21H18F7N3O4. The number of nitrogens with zero attached hydrogens (tertiary/aromatic N) is 2. The van der Waals surface area contributed by atoms with Crippen LogP contribution in [0.2, 0.25) is 0 Å². The number of hydrogen-bond donors (Lipinski definition) is 1. The maximum absolute atomic E-state index is 14.1. The summed E-state index contributed by atoms with van der Waals surface area (Å²) in [6.07, 6.45) is -12.8. The van der Waals surface area contributed by atoms with Gasteiger partial charge in [0.05, 0.1) is 13.0 Å². The van der Waals surface area contributed by atoms with E-state index in [1.807, 2.05) is 0 Å². The number of halogens is 7. The number of ether oxygens (including phenoxy) is 2. The van der Waals surface area contributed by atoms with Gasteiger partial charge in [0.1, 0.15) is 11.5 Å². The lowest BCUT2D eigenvalue weighted by Gasteiger charge is -2.33. The summed E-state index contributed by atoms with van der Waals surface area (Å²) in [6.45, 7) is 2.61. The summed E-state index contributed by atoms with van der Waals surface area (Å²) in [5, 5.41) is 2.27. The third kappa shape index (κ3) is 6.73. The van der Waals surface area contributed by atoms with Crippen molar-refractivity contribution < 1.29 is 49.8 Å². The lowest BCUT2D eigenvalue weighted by molar-refractivity contribution is -0.275. The van der Waals surface area contributed by atoms with Crippen molar-refractivity contribution >= 4 is 23.3 Å². The van der Waals surface area contributed by atoms with Crippen LogP contribution in [0, 0.1) is 12.7 Å². The highest BCUT2D eigenvalue weighted by atomic mass is 19.4. The Labute approximate surface area is 193 Å². The number of carbonyl (C=O) groups excluding carboxylic acids is 2. The van der Waals surface area contributed by atoms with Crippen LogP contribution in [0.25, 0.3) is 0 Å². The van der Waals surface area contributed by atoms with Crippen LogP contribution in [-0.2, 0) is 16.1 Å². The summed E-state index contributed by atoms with van der Waals surface area (Å²) in [7, 11) is 0. The summed E-state index contributed by atoms with van der Waals surface area (Å²) in [5.41, 5.74) is 0.544. The maximum atomic E-state index is 14.1. The molecule has 0 saturated carbocycles. The first kappa shape index (κ1) is 26.0. The molecule has 7 nitrogen and oxygen atoms in total. The summed E-state index contributed by atoms with van der Waals surface area (Å²) >= 11 is 0. The van der Waals surface area contributed by atoms with E-state index in [4.69, 9.17) is 4.74 Å². The Morgan fingerprint density at radius 1 is 1.20 bits per heavy atom. The van der Waals surface area contributed by atoms with Crippen LogP contribution < -0.4 is 19.7 Å². The smallest absolute Gasteiger partial charge is 0.463 e. The Kier molecular flexibility index (Phi) is 7.13. The quantitative estimate of drug-likeness (QED) is 0.553. The van der Waals surface area contributed by atoms with Crippen molar-refractivity contribution in [1.82, 2.24) is 4.98 Å². The molecule has 2 aromatic rings. The SMILES string of the molecule is Cc1cc2c(nc1NC(=O)CCC(F)(F)F)OC(C)C(=O)N2Cc1ccc(OC(F)(F)F)c(F)c1. The molecule has 190 valence electrons. The van der Waals surface area contributed by atoms with Crippen molar-refractivity contribution in [2.75, 3.05) is 10.2 Å². The molecule has 35 heavy (non-hydrogen) atoms. The minimum Gasteiger partial charge on any atom is -0.463 e. The monoisotopic (exact) mass is 509 g/mol. The van der Waals surface area contributed by atoms with Gasteiger partial charge >= 0.3 is 12.5 Å². The Bertz CT molecular complexity index is 1140. The minimum absolute atomic E-state index is 0.0721. The molecule has 0 spiro atoms. The van der Waals surface area contributed by atoms with E-state index in [1.54, 1.807) is 0 Å². The number of nitrogens with one attached hydrogen (secondary N) is 1. The number of carbonyl (C=O) groups is 2. The Morgan fingerprint density at radius 2 is 1.89 bits per heavy atom. The number of anilines is 2. The topological polar surface area (TPSA) is 80.8 Å². The second-order valence-electron chi connectivity index (χ2n) is 7.64. The molecule has 0 aliphatic carbocycles.